The molecule has 0 unspecified atom stereocenters. The quantitative estimate of drug-likeness (QED) is 0.667. The Labute approximate surface area is 77.8 Å². The van der Waals surface area contributed by atoms with Crippen molar-refractivity contribution in [3.63, 3.8) is 0 Å². The van der Waals surface area contributed by atoms with E-state index in [2.05, 4.69) is 5.92 Å². The predicted molar refractivity (Wildman–Crippen MR) is 51.3 cm³/mol. The Bertz CT molecular complexity index is 291. The standard InChI is InChI=1S/C11H12O2/c1-2-9-3-5-10(6-4-9)11(7-12)8-13/h1,3-6,11-13H,7-8H2. The second kappa shape index (κ2) is 4.66. The molecule has 0 spiro atoms. The zero-order valence-electron chi connectivity index (χ0n) is 7.27. The lowest BCUT2D eigenvalue weighted by Crippen LogP contribution is -2.08. The van der Waals surface area contributed by atoms with Gasteiger partial charge in [-0.1, -0.05) is 18.1 Å². The second-order valence-electron chi connectivity index (χ2n) is 2.83. The molecule has 1 aromatic rings. The first kappa shape index (κ1) is 9.79. The molecule has 0 saturated carbocycles. The van der Waals surface area contributed by atoms with Gasteiger partial charge in [-0.2, -0.15) is 0 Å². The molecule has 2 nitrogen and oxygen atoms in total. The molecule has 0 aromatic heterocycles. The summed E-state index contributed by atoms with van der Waals surface area (Å²) in [6.45, 7) is -0.0994. The minimum atomic E-state index is -0.202. The van der Waals surface area contributed by atoms with E-state index in [1.54, 1.807) is 12.1 Å². The highest BCUT2D eigenvalue weighted by Crippen LogP contribution is 2.14. The summed E-state index contributed by atoms with van der Waals surface area (Å²) in [5, 5.41) is 17.8. The van der Waals surface area contributed by atoms with Crippen LogP contribution in [-0.2, 0) is 0 Å². The number of terminal acetylenes is 1. The minimum absolute atomic E-state index is 0.0497. The van der Waals surface area contributed by atoms with Gasteiger partial charge in [-0.25, -0.2) is 0 Å². The van der Waals surface area contributed by atoms with Crippen LogP contribution in [0.15, 0.2) is 24.3 Å². The molecule has 0 heterocycles. The van der Waals surface area contributed by atoms with Crippen LogP contribution in [0.4, 0.5) is 0 Å². The third kappa shape index (κ3) is 2.32. The van der Waals surface area contributed by atoms with E-state index in [1.807, 2.05) is 12.1 Å². The van der Waals surface area contributed by atoms with E-state index in [-0.39, 0.29) is 19.1 Å². The van der Waals surface area contributed by atoms with Crippen LogP contribution in [-0.4, -0.2) is 23.4 Å². The highest BCUT2D eigenvalue weighted by molar-refractivity contribution is 5.35. The molecule has 68 valence electrons. The van der Waals surface area contributed by atoms with Gasteiger partial charge >= 0.3 is 0 Å². The molecule has 0 saturated heterocycles. The summed E-state index contributed by atoms with van der Waals surface area (Å²) in [4.78, 5) is 0. The summed E-state index contributed by atoms with van der Waals surface area (Å²) in [6, 6.07) is 7.25. The number of aliphatic hydroxyl groups is 2. The molecule has 0 radical (unpaired) electrons. The molecule has 1 rings (SSSR count). The van der Waals surface area contributed by atoms with Crippen LogP contribution in [0.3, 0.4) is 0 Å². The summed E-state index contributed by atoms with van der Waals surface area (Å²) >= 11 is 0. The van der Waals surface area contributed by atoms with Crippen LogP contribution in [0.5, 0.6) is 0 Å². The molecule has 0 fully saturated rings. The number of rotatable bonds is 3. The van der Waals surface area contributed by atoms with Crippen LogP contribution < -0.4 is 0 Å². The highest BCUT2D eigenvalue weighted by Gasteiger charge is 2.07. The lowest BCUT2D eigenvalue weighted by Gasteiger charge is -2.10. The summed E-state index contributed by atoms with van der Waals surface area (Å²) in [5.41, 5.74) is 1.71. The van der Waals surface area contributed by atoms with Crippen molar-refractivity contribution in [2.75, 3.05) is 13.2 Å². The van der Waals surface area contributed by atoms with Gasteiger partial charge in [0, 0.05) is 11.5 Å². The average molecular weight is 176 g/mol. The second-order valence-corrected chi connectivity index (χ2v) is 2.83. The number of aliphatic hydroxyl groups excluding tert-OH is 2. The van der Waals surface area contributed by atoms with Gasteiger partial charge in [0.1, 0.15) is 0 Å². The Morgan fingerprint density at radius 2 is 1.69 bits per heavy atom. The van der Waals surface area contributed by atoms with Gasteiger partial charge in [-0.05, 0) is 17.7 Å². The molecular formula is C11H12O2. The molecule has 0 aliphatic carbocycles. The third-order valence-corrected chi connectivity index (χ3v) is 1.99. The highest BCUT2D eigenvalue weighted by atomic mass is 16.3. The van der Waals surface area contributed by atoms with E-state index in [9.17, 15) is 0 Å². The van der Waals surface area contributed by atoms with Crippen molar-refractivity contribution in [2.45, 2.75) is 5.92 Å². The Balaban J connectivity index is 2.85. The van der Waals surface area contributed by atoms with E-state index >= 15 is 0 Å². The largest absolute Gasteiger partial charge is 0.396 e. The monoisotopic (exact) mass is 176 g/mol. The van der Waals surface area contributed by atoms with E-state index in [0.717, 1.165) is 11.1 Å². The van der Waals surface area contributed by atoms with Crippen molar-refractivity contribution < 1.29 is 10.2 Å². The van der Waals surface area contributed by atoms with Crippen molar-refractivity contribution >= 4 is 0 Å². The topological polar surface area (TPSA) is 40.5 Å². The van der Waals surface area contributed by atoms with Crippen molar-refractivity contribution in [2.24, 2.45) is 0 Å². The van der Waals surface area contributed by atoms with Crippen LogP contribution in [0.1, 0.15) is 17.0 Å². The van der Waals surface area contributed by atoms with Crippen LogP contribution in [0.2, 0.25) is 0 Å². The Hall–Kier alpha value is -1.30. The summed E-state index contributed by atoms with van der Waals surface area (Å²) in [6.07, 6.45) is 5.19. The van der Waals surface area contributed by atoms with Gasteiger partial charge in [0.2, 0.25) is 0 Å². The van der Waals surface area contributed by atoms with Crippen molar-refractivity contribution in [1.82, 2.24) is 0 Å². The number of hydrogen-bond donors (Lipinski definition) is 2. The predicted octanol–water partition coefficient (Wildman–Crippen LogP) is 0.736. The first-order valence-corrected chi connectivity index (χ1v) is 4.10. The van der Waals surface area contributed by atoms with Crippen molar-refractivity contribution in [3.8, 4) is 12.3 Å². The molecule has 13 heavy (non-hydrogen) atoms. The van der Waals surface area contributed by atoms with E-state index in [4.69, 9.17) is 16.6 Å². The third-order valence-electron chi connectivity index (χ3n) is 1.99. The molecule has 0 amide bonds. The molecule has 0 bridgehead atoms. The molecule has 1 aromatic carbocycles. The number of benzene rings is 1. The maximum Gasteiger partial charge on any atom is 0.0521 e. The van der Waals surface area contributed by atoms with Gasteiger partial charge in [-0.3, -0.25) is 0 Å². The van der Waals surface area contributed by atoms with Crippen LogP contribution >= 0.6 is 0 Å². The summed E-state index contributed by atoms with van der Waals surface area (Å²) in [7, 11) is 0. The van der Waals surface area contributed by atoms with Crippen molar-refractivity contribution in [1.29, 1.82) is 0 Å². The first-order chi connectivity index (χ1) is 6.31. The maximum atomic E-state index is 8.91. The normalized spacial score (nSPS) is 10.0. The van der Waals surface area contributed by atoms with Gasteiger partial charge in [0.25, 0.3) is 0 Å². The molecule has 2 N–H and O–H groups in total. The molecule has 2 heteroatoms. The fourth-order valence-corrected chi connectivity index (χ4v) is 1.12. The smallest absolute Gasteiger partial charge is 0.0521 e. The van der Waals surface area contributed by atoms with Crippen LogP contribution in [0.25, 0.3) is 0 Å². The van der Waals surface area contributed by atoms with E-state index in [1.165, 1.54) is 0 Å². The maximum absolute atomic E-state index is 8.91. The lowest BCUT2D eigenvalue weighted by atomic mass is 10.00. The molecule has 0 atom stereocenters. The summed E-state index contributed by atoms with van der Waals surface area (Å²) in [5.74, 6) is 2.30. The summed E-state index contributed by atoms with van der Waals surface area (Å²) < 4.78 is 0. The average Bonchev–Trinajstić information content (AvgIpc) is 2.21. The zero-order valence-corrected chi connectivity index (χ0v) is 7.27. The van der Waals surface area contributed by atoms with Crippen LogP contribution in [0, 0.1) is 12.3 Å². The number of hydrogen-bond acceptors (Lipinski definition) is 2. The van der Waals surface area contributed by atoms with E-state index in [0.29, 0.717) is 0 Å². The Morgan fingerprint density at radius 1 is 1.15 bits per heavy atom. The van der Waals surface area contributed by atoms with E-state index < -0.39 is 0 Å². The molecule has 0 aliphatic rings. The fourth-order valence-electron chi connectivity index (χ4n) is 1.12. The van der Waals surface area contributed by atoms with Gasteiger partial charge in [-0.15, -0.1) is 6.42 Å². The zero-order chi connectivity index (χ0) is 9.68. The lowest BCUT2D eigenvalue weighted by molar-refractivity contribution is 0.192. The minimum Gasteiger partial charge on any atom is -0.396 e. The van der Waals surface area contributed by atoms with Gasteiger partial charge in [0.15, 0.2) is 0 Å². The Morgan fingerprint density at radius 3 is 2.08 bits per heavy atom. The fraction of sp³-hybridized carbons (Fsp3) is 0.273. The first-order valence-electron chi connectivity index (χ1n) is 4.10. The van der Waals surface area contributed by atoms with Gasteiger partial charge < -0.3 is 10.2 Å². The molecule has 0 aliphatic heterocycles. The van der Waals surface area contributed by atoms with Gasteiger partial charge in [0.05, 0.1) is 13.2 Å². The molecular weight excluding hydrogens is 164 g/mol. The SMILES string of the molecule is C#Cc1ccc(C(CO)CO)cc1. The Kier molecular flexibility index (Phi) is 3.51. The van der Waals surface area contributed by atoms with Crippen molar-refractivity contribution in [3.05, 3.63) is 35.4 Å².